The molecule has 0 unspecified atom stereocenters. The lowest BCUT2D eigenvalue weighted by atomic mass is 10.1. The molecule has 0 aromatic heterocycles. The molecule has 35 heavy (non-hydrogen) atoms. The molecule has 0 bridgehead atoms. The quantitative estimate of drug-likeness (QED) is 0.598. The van der Waals surface area contributed by atoms with Crippen LogP contribution in [0, 0.1) is 0 Å². The number of amides is 1. The number of sulfonamides is 2. The van der Waals surface area contributed by atoms with Crippen LogP contribution in [0.25, 0.3) is 0 Å². The lowest BCUT2D eigenvalue weighted by molar-refractivity contribution is 0.0758. The highest BCUT2D eigenvalue weighted by Crippen LogP contribution is 2.27. The van der Waals surface area contributed by atoms with Crippen LogP contribution in [-0.2, 0) is 20.0 Å². The first-order valence-corrected chi connectivity index (χ1v) is 14.7. The average Bonchev–Trinajstić information content (AvgIpc) is 3.27. The Balaban J connectivity index is 1.55. The van der Waals surface area contributed by atoms with E-state index < -0.39 is 20.0 Å². The molecular weight excluding hydrogens is 490 g/mol. The zero-order chi connectivity index (χ0) is 25.1. The minimum absolute atomic E-state index is 0.0785. The SMILES string of the molecule is COc1ccc(S(=O)(=O)Nc2ccc(S(=O)(=O)N3CCCC3)cc2)cc1C(=O)N1CCCCCC1. The van der Waals surface area contributed by atoms with E-state index in [-0.39, 0.29) is 26.9 Å². The van der Waals surface area contributed by atoms with Crippen molar-refractivity contribution in [2.45, 2.75) is 48.3 Å². The normalized spacial score (nSPS) is 17.7. The molecule has 4 rings (SSSR count). The Labute approximate surface area is 207 Å². The van der Waals surface area contributed by atoms with Gasteiger partial charge in [0, 0.05) is 31.9 Å². The fraction of sp³-hybridized carbons (Fsp3) is 0.458. The number of nitrogens with zero attached hydrogens (tertiary/aromatic N) is 2. The third kappa shape index (κ3) is 5.62. The second-order valence-corrected chi connectivity index (χ2v) is 12.4. The molecule has 0 aliphatic carbocycles. The van der Waals surface area contributed by atoms with E-state index in [2.05, 4.69) is 4.72 Å². The molecule has 2 heterocycles. The molecule has 0 saturated carbocycles. The van der Waals surface area contributed by atoms with Crippen molar-refractivity contribution in [3.63, 3.8) is 0 Å². The van der Waals surface area contributed by atoms with E-state index in [1.54, 1.807) is 4.90 Å². The van der Waals surface area contributed by atoms with Gasteiger partial charge in [-0.05, 0) is 68.1 Å². The highest BCUT2D eigenvalue weighted by Gasteiger charge is 2.28. The van der Waals surface area contributed by atoms with Crippen molar-refractivity contribution in [3.8, 4) is 5.75 Å². The Bertz CT molecular complexity index is 1260. The van der Waals surface area contributed by atoms with Gasteiger partial charge in [0.05, 0.1) is 22.5 Å². The Hall–Kier alpha value is -2.63. The van der Waals surface area contributed by atoms with Crippen LogP contribution in [0.15, 0.2) is 52.3 Å². The number of hydrogen-bond donors (Lipinski definition) is 1. The first kappa shape index (κ1) is 25.5. The van der Waals surface area contributed by atoms with Gasteiger partial charge in [-0.1, -0.05) is 12.8 Å². The maximum atomic E-state index is 13.2. The zero-order valence-electron chi connectivity index (χ0n) is 19.8. The fourth-order valence-corrected chi connectivity index (χ4v) is 7.05. The predicted octanol–water partition coefficient (Wildman–Crippen LogP) is 3.30. The molecule has 11 heteroatoms. The standard InChI is InChI=1S/C24H31N3O6S2/c1-33-23-13-12-21(18-22(23)24(28)26-14-4-2-3-5-15-26)34(29,30)25-19-8-10-20(11-9-19)35(31,32)27-16-6-7-17-27/h8-13,18,25H,2-7,14-17H2,1H3. The summed E-state index contributed by atoms with van der Waals surface area (Å²) in [7, 11) is -6.18. The Morgan fingerprint density at radius 1 is 0.800 bits per heavy atom. The average molecular weight is 522 g/mol. The zero-order valence-corrected chi connectivity index (χ0v) is 21.4. The molecule has 190 valence electrons. The van der Waals surface area contributed by atoms with Gasteiger partial charge in [-0.25, -0.2) is 16.8 Å². The van der Waals surface area contributed by atoms with Crippen molar-refractivity contribution in [1.82, 2.24) is 9.21 Å². The summed E-state index contributed by atoms with van der Waals surface area (Å²) in [5.41, 5.74) is 0.422. The summed E-state index contributed by atoms with van der Waals surface area (Å²) in [5, 5.41) is 0. The highest BCUT2D eigenvalue weighted by molar-refractivity contribution is 7.92. The lowest BCUT2D eigenvalue weighted by Crippen LogP contribution is -2.32. The van der Waals surface area contributed by atoms with Crippen LogP contribution in [0.4, 0.5) is 5.69 Å². The van der Waals surface area contributed by atoms with E-state index in [0.717, 1.165) is 38.5 Å². The highest BCUT2D eigenvalue weighted by atomic mass is 32.2. The molecule has 1 amide bonds. The predicted molar refractivity (Wildman–Crippen MR) is 133 cm³/mol. The third-order valence-electron chi connectivity index (χ3n) is 6.41. The summed E-state index contributed by atoms with van der Waals surface area (Å²) < 4.78 is 60.9. The monoisotopic (exact) mass is 521 g/mol. The molecule has 2 aromatic carbocycles. The van der Waals surface area contributed by atoms with Crippen LogP contribution in [0.5, 0.6) is 5.75 Å². The molecule has 1 N–H and O–H groups in total. The minimum Gasteiger partial charge on any atom is -0.496 e. The number of benzene rings is 2. The first-order chi connectivity index (χ1) is 16.7. The summed E-state index contributed by atoms with van der Waals surface area (Å²) in [5.74, 6) is 0.0620. The summed E-state index contributed by atoms with van der Waals surface area (Å²) in [6.07, 6.45) is 5.63. The molecule has 0 spiro atoms. The summed E-state index contributed by atoms with van der Waals surface area (Å²) in [4.78, 5) is 15.0. The van der Waals surface area contributed by atoms with E-state index in [1.165, 1.54) is 53.9 Å². The molecule has 2 aromatic rings. The van der Waals surface area contributed by atoms with Gasteiger partial charge < -0.3 is 9.64 Å². The molecule has 0 atom stereocenters. The minimum atomic E-state index is -4.03. The van der Waals surface area contributed by atoms with E-state index in [0.29, 0.717) is 31.9 Å². The third-order valence-corrected chi connectivity index (χ3v) is 9.71. The second-order valence-electron chi connectivity index (χ2n) is 8.81. The van der Waals surface area contributed by atoms with Crippen LogP contribution >= 0.6 is 0 Å². The summed E-state index contributed by atoms with van der Waals surface area (Å²) >= 11 is 0. The van der Waals surface area contributed by atoms with Gasteiger partial charge in [-0.2, -0.15) is 4.31 Å². The van der Waals surface area contributed by atoms with Gasteiger partial charge in [-0.15, -0.1) is 0 Å². The van der Waals surface area contributed by atoms with Crippen LogP contribution in [0.1, 0.15) is 48.9 Å². The smallest absolute Gasteiger partial charge is 0.261 e. The van der Waals surface area contributed by atoms with Crippen LogP contribution in [0.3, 0.4) is 0 Å². The van der Waals surface area contributed by atoms with E-state index >= 15 is 0 Å². The molecule has 2 saturated heterocycles. The number of nitrogens with one attached hydrogen (secondary N) is 1. The number of likely N-dealkylation sites (tertiary alicyclic amines) is 1. The molecule has 2 fully saturated rings. The van der Waals surface area contributed by atoms with Crippen molar-refractivity contribution >= 4 is 31.6 Å². The van der Waals surface area contributed by atoms with Gasteiger partial charge in [-0.3, -0.25) is 9.52 Å². The van der Waals surface area contributed by atoms with E-state index in [1.807, 2.05) is 0 Å². The van der Waals surface area contributed by atoms with Crippen LogP contribution in [0.2, 0.25) is 0 Å². The fourth-order valence-electron chi connectivity index (χ4n) is 4.45. The number of carbonyl (C=O) groups excluding carboxylic acids is 1. The summed E-state index contributed by atoms with van der Waals surface area (Å²) in [6, 6.07) is 9.83. The summed E-state index contributed by atoms with van der Waals surface area (Å²) in [6.45, 7) is 2.24. The van der Waals surface area contributed by atoms with Gasteiger partial charge in [0.25, 0.3) is 15.9 Å². The van der Waals surface area contributed by atoms with Crippen molar-refractivity contribution in [2.24, 2.45) is 0 Å². The molecule has 2 aliphatic rings. The number of hydrogen-bond acceptors (Lipinski definition) is 6. The first-order valence-electron chi connectivity index (χ1n) is 11.8. The Morgan fingerprint density at radius 2 is 1.37 bits per heavy atom. The van der Waals surface area contributed by atoms with Crippen molar-refractivity contribution < 1.29 is 26.4 Å². The number of methoxy groups -OCH3 is 1. The number of ether oxygens (including phenoxy) is 1. The van der Waals surface area contributed by atoms with Gasteiger partial charge in [0.1, 0.15) is 5.75 Å². The number of rotatable bonds is 7. The number of carbonyl (C=O) groups is 1. The second kappa shape index (κ2) is 10.5. The molecule has 0 radical (unpaired) electrons. The molecular formula is C24H31N3O6S2. The number of anilines is 1. The maximum absolute atomic E-state index is 13.2. The molecule has 9 nitrogen and oxygen atoms in total. The largest absolute Gasteiger partial charge is 0.496 e. The van der Waals surface area contributed by atoms with E-state index in [9.17, 15) is 21.6 Å². The van der Waals surface area contributed by atoms with Gasteiger partial charge in [0.2, 0.25) is 10.0 Å². The van der Waals surface area contributed by atoms with Crippen molar-refractivity contribution in [1.29, 1.82) is 0 Å². The lowest BCUT2D eigenvalue weighted by Gasteiger charge is -2.22. The Morgan fingerprint density at radius 3 is 1.97 bits per heavy atom. The topological polar surface area (TPSA) is 113 Å². The van der Waals surface area contributed by atoms with Crippen LogP contribution in [-0.4, -0.2) is 65.2 Å². The van der Waals surface area contributed by atoms with Crippen LogP contribution < -0.4 is 9.46 Å². The molecule has 2 aliphatic heterocycles. The van der Waals surface area contributed by atoms with Gasteiger partial charge >= 0.3 is 0 Å². The van der Waals surface area contributed by atoms with Crippen molar-refractivity contribution in [2.75, 3.05) is 38.0 Å². The maximum Gasteiger partial charge on any atom is 0.261 e. The Kier molecular flexibility index (Phi) is 7.67. The van der Waals surface area contributed by atoms with Gasteiger partial charge in [0.15, 0.2) is 0 Å². The van der Waals surface area contributed by atoms with E-state index in [4.69, 9.17) is 4.74 Å². The van der Waals surface area contributed by atoms with Crippen molar-refractivity contribution in [3.05, 3.63) is 48.0 Å².